The minimum Gasteiger partial charge on any atom is -0.328 e. The predicted molar refractivity (Wildman–Crippen MR) is 43.6 cm³/mol. The van der Waals surface area contributed by atoms with Crippen LogP contribution < -0.4 is 5.73 Å². The van der Waals surface area contributed by atoms with Crippen LogP contribution in [0, 0.1) is 6.92 Å². The predicted octanol–water partition coefficient (Wildman–Crippen LogP) is 0.632. The summed E-state index contributed by atoms with van der Waals surface area (Å²) in [4.78, 5) is 2.38. The number of nitrogens with zero attached hydrogens (tertiary/aromatic N) is 1. The topological polar surface area (TPSA) is 29.3 Å². The van der Waals surface area contributed by atoms with E-state index >= 15 is 0 Å². The van der Waals surface area contributed by atoms with Gasteiger partial charge in [0.05, 0.1) is 0 Å². The van der Waals surface area contributed by atoms with E-state index in [4.69, 9.17) is 5.73 Å². The van der Waals surface area contributed by atoms with Gasteiger partial charge in [0.1, 0.15) is 0 Å². The first-order valence-electron chi connectivity index (χ1n) is 4.03. The molecule has 2 nitrogen and oxygen atoms in total. The minimum atomic E-state index is 0.440. The molecule has 0 spiro atoms. The number of rotatable bonds is 1. The number of hydrogen-bond donors (Lipinski definition) is 1. The summed E-state index contributed by atoms with van der Waals surface area (Å²) in [6.07, 6.45) is 2.28. The molecule has 0 aromatic rings. The van der Waals surface area contributed by atoms with E-state index in [9.17, 15) is 0 Å². The molecule has 1 heterocycles. The molecule has 0 aliphatic carbocycles. The highest BCUT2D eigenvalue weighted by Crippen LogP contribution is 2.10. The highest BCUT2D eigenvalue weighted by Gasteiger charge is 2.17. The Bertz CT molecular complexity index is 93.4. The van der Waals surface area contributed by atoms with E-state index in [1.54, 1.807) is 0 Å². The van der Waals surface area contributed by atoms with Crippen molar-refractivity contribution in [3.8, 4) is 0 Å². The van der Waals surface area contributed by atoms with Crippen LogP contribution in [0.3, 0.4) is 0 Å². The van der Waals surface area contributed by atoms with Crippen molar-refractivity contribution in [2.45, 2.75) is 31.8 Å². The molecular formula is C8H17N2. The van der Waals surface area contributed by atoms with Crippen molar-refractivity contribution >= 4 is 0 Å². The van der Waals surface area contributed by atoms with Crippen LogP contribution in [0.15, 0.2) is 0 Å². The normalized spacial score (nSPS) is 24.0. The maximum atomic E-state index is 5.75. The van der Waals surface area contributed by atoms with Gasteiger partial charge in [-0.05, 0) is 39.8 Å². The third-order valence-electron chi connectivity index (χ3n) is 2.20. The summed E-state index contributed by atoms with van der Waals surface area (Å²) in [7, 11) is 0. The van der Waals surface area contributed by atoms with E-state index in [2.05, 4.69) is 18.7 Å². The van der Waals surface area contributed by atoms with Gasteiger partial charge < -0.3 is 10.6 Å². The molecule has 0 saturated carbocycles. The number of hydrogen-bond acceptors (Lipinski definition) is 2. The van der Waals surface area contributed by atoms with Crippen LogP contribution in [0.2, 0.25) is 0 Å². The monoisotopic (exact) mass is 141 g/mol. The van der Waals surface area contributed by atoms with Crippen LogP contribution in [0.4, 0.5) is 0 Å². The zero-order chi connectivity index (χ0) is 7.56. The lowest BCUT2D eigenvalue weighted by Gasteiger charge is -2.32. The number of nitrogens with two attached hydrogens (primary N) is 1. The van der Waals surface area contributed by atoms with Gasteiger partial charge >= 0.3 is 0 Å². The van der Waals surface area contributed by atoms with Gasteiger partial charge in [0, 0.05) is 12.1 Å². The molecule has 0 aromatic heterocycles. The Labute approximate surface area is 63.4 Å². The Balaban J connectivity index is 2.26. The smallest absolute Gasteiger partial charge is 0.00675 e. The van der Waals surface area contributed by atoms with Gasteiger partial charge in [-0.25, -0.2) is 0 Å². The molecule has 59 valence electrons. The fraction of sp³-hybridized carbons (Fsp3) is 0.875. The van der Waals surface area contributed by atoms with E-state index in [1.807, 2.05) is 0 Å². The summed E-state index contributed by atoms with van der Waals surface area (Å²) in [5.41, 5.74) is 5.75. The fourth-order valence-electron chi connectivity index (χ4n) is 1.36. The molecular weight excluding hydrogens is 124 g/mol. The third-order valence-corrected chi connectivity index (χ3v) is 2.20. The first-order valence-corrected chi connectivity index (χ1v) is 4.03. The second-order valence-corrected chi connectivity index (χ2v) is 3.22. The van der Waals surface area contributed by atoms with Crippen molar-refractivity contribution < 1.29 is 0 Å². The van der Waals surface area contributed by atoms with Gasteiger partial charge in [0.2, 0.25) is 0 Å². The lowest BCUT2D eigenvalue weighted by molar-refractivity contribution is 0.186. The maximum Gasteiger partial charge on any atom is 0.00675 e. The number of likely N-dealkylation sites (tertiary alicyclic amines) is 1. The van der Waals surface area contributed by atoms with Crippen molar-refractivity contribution in [1.29, 1.82) is 0 Å². The van der Waals surface area contributed by atoms with Gasteiger partial charge in [0.15, 0.2) is 0 Å². The molecule has 0 bridgehead atoms. The zero-order valence-corrected chi connectivity index (χ0v) is 6.71. The average molecular weight is 141 g/mol. The second-order valence-electron chi connectivity index (χ2n) is 3.22. The second kappa shape index (κ2) is 3.35. The molecule has 1 unspecified atom stereocenters. The Morgan fingerprint density at radius 2 is 2.00 bits per heavy atom. The molecule has 1 aliphatic rings. The lowest BCUT2D eigenvalue weighted by atomic mass is 10.1. The summed E-state index contributed by atoms with van der Waals surface area (Å²) in [5.74, 6) is 0. The molecule has 0 amide bonds. The van der Waals surface area contributed by atoms with Crippen LogP contribution in [0.1, 0.15) is 19.8 Å². The van der Waals surface area contributed by atoms with Crippen molar-refractivity contribution in [1.82, 2.24) is 4.90 Å². The van der Waals surface area contributed by atoms with E-state index in [0.717, 1.165) is 25.9 Å². The van der Waals surface area contributed by atoms with E-state index in [-0.39, 0.29) is 0 Å². The molecule has 1 fully saturated rings. The molecule has 1 rings (SSSR count). The van der Waals surface area contributed by atoms with Crippen LogP contribution in [0.5, 0.6) is 0 Å². The Morgan fingerprint density at radius 1 is 1.50 bits per heavy atom. The molecule has 1 radical (unpaired) electrons. The zero-order valence-electron chi connectivity index (χ0n) is 6.71. The molecule has 1 aliphatic heterocycles. The van der Waals surface area contributed by atoms with E-state index in [1.165, 1.54) is 0 Å². The highest BCUT2D eigenvalue weighted by molar-refractivity contribution is 4.78. The molecule has 10 heavy (non-hydrogen) atoms. The fourth-order valence-corrected chi connectivity index (χ4v) is 1.36. The quantitative estimate of drug-likeness (QED) is 0.580. The summed E-state index contributed by atoms with van der Waals surface area (Å²) in [5, 5.41) is 0. The Hall–Kier alpha value is -0.0800. The van der Waals surface area contributed by atoms with Gasteiger partial charge in [0.25, 0.3) is 0 Å². The Kier molecular flexibility index (Phi) is 2.69. The van der Waals surface area contributed by atoms with Crippen molar-refractivity contribution in [3.05, 3.63) is 6.92 Å². The van der Waals surface area contributed by atoms with Crippen LogP contribution >= 0.6 is 0 Å². The standard InChI is InChI=1S/C8H17N2/c1-7(2)10-5-3-8(9)4-6-10/h7-8H,1,3-6,9H2,2H3. The molecule has 0 aromatic carbocycles. The average Bonchev–Trinajstić information content (AvgIpc) is 1.88. The largest absolute Gasteiger partial charge is 0.328 e. The van der Waals surface area contributed by atoms with E-state index < -0.39 is 0 Å². The number of piperidine rings is 1. The summed E-state index contributed by atoms with van der Waals surface area (Å²) < 4.78 is 0. The van der Waals surface area contributed by atoms with Gasteiger partial charge in [-0.1, -0.05) is 0 Å². The van der Waals surface area contributed by atoms with Gasteiger partial charge in [-0.3, -0.25) is 0 Å². The maximum absolute atomic E-state index is 5.75. The summed E-state index contributed by atoms with van der Waals surface area (Å²) >= 11 is 0. The van der Waals surface area contributed by atoms with Crippen molar-refractivity contribution in [3.63, 3.8) is 0 Å². The van der Waals surface area contributed by atoms with E-state index in [0.29, 0.717) is 12.1 Å². The molecule has 2 heteroatoms. The Morgan fingerprint density at radius 3 is 2.40 bits per heavy atom. The van der Waals surface area contributed by atoms with Gasteiger partial charge in [-0.15, -0.1) is 0 Å². The highest BCUT2D eigenvalue weighted by atomic mass is 15.2. The minimum absolute atomic E-state index is 0.440. The van der Waals surface area contributed by atoms with Crippen LogP contribution in [-0.2, 0) is 0 Å². The molecule has 2 N–H and O–H groups in total. The van der Waals surface area contributed by atoms with Gasteiger partial charge in [-0.2, -0.15) is 0 Å². The first kappa shape index (κ1) is 8.02. The molecule has 1 saturated heterocycles. The van der Waals surface area contributed by atoms with Crippen LogP contribution in [-0.4, -0.2) is 30.1 Å². The van der Waals surface area contributed by atoms with Crippen LogP contribution in [0.25, 0.3) is 0 Å². The third kappa shape index (κ3) is 1.96. The first-order chi connectivity index (χ1) is 4.70. The van der Waals surface area contributed by atoms with Crippen molar-refractivity contribution in [2.24, 2.45) is 5.73 Å². The lowest BCUT2D eigenvalue weighted by Crippen LogP contribution is -2.42. The summed E-state index contributed by atoms with van der Waals surface area (Å²) in [6.45, 7) is 8.37. The summed E-state index contributed by atoms with van der Waals surface area (Å²) in [6, 6.07) is 0.891. The molecule has 1 atom stereocenters. The SMILES string of the molecule is [CH2]C(C)N1CCC(N)CC1. The van der Waals surface area contributed by atoms with Crippen molar-refractivity contribution in [2.75, 3.05) is 13.1 Å².